The highest BCUT2D eigenvalue weighted by atomic mass is 15.4. The van der Waals surface area contributed by atoms with Gasteiger partial charge in [0.25, 0.3) is 0 Å². The van der Waals surface area contributed by atoms with Crippen LogP contribution in [0.1, 0.15) is 18.0 Å². The average Bonchev–Trinajstić information content (AvgIpc) is 3.54. The molecule has 4 aromatic heterocycles. The van der Waals surface area contributed by atoms with Crippen LogP contribution in [0.5, 0.6) is 0 Å². The molecule has 9 nitrogen and oxygen atoms in total. The van der Waals surface area contributed by atoms with Crippen molar-refractivity contribution in [3.05, 3.63) is 60.8 Å². The topological polar surface area (TPSA) is 99.2 Å². The van der Waals surface area contributed by atoms with Crippen molar-refractivity contribution < 1.29 is 0 Å². The summed E-state index contributed by atoms with van der Waals surface area (Å²) in [5, 5.41) is 18.6. The SMILES string of the molecule is c1cc2cc(Cn3nnc4ncc(-c5cnn(C6CCNC6)c5)nc43)ccc2cn1. The van der Waals surface area contributed by atoms with Crippen LogP contribution in [0.25, 0.3) is 33.3 Å². The molecule has 30 heavy (non-hydrogen) atoms. The molecule has 1 fully saturated rings. The summed E-state index contributed by atoms with van der Waals surface area (Å²) in [5.41, 5.74) is 4.04. The molecular weight excluding hydrogens is 378 g/mol. The van der Waals surface area contributed by atoms with Gasteiger partial charge < -0.3 is 5.32 Å². The lowest BCUT2D eigenvalue weighted by atomic mass is 10.1. The van der Waals surface area contributed by atoms with Gasteiger partial charge >= 0.3 is 0 Å². The molecule has 0 aliphatic carbocycles. The molecule has 0 bridgehead atoms. The molecule has 1 saturated heterocycles. The number of hydrogen-bond donors (Lipinski definition) is 1. The third-order valence-corrected chi connectivity index (χ3v) is 5.57. The van der Waals surface area contributed by atoms with E-state index in [1.54, 1.807) is 17.1 Å². The van der Waals surface area contributed by atoms with Crippen molar-refractivity contribution in [3.8, 4) is 11.3 Å². The minimum absolute atomic E-state index is 0.394. The molecule has 1 N–H and O–H groups in total. The molecule has 1 aromatic carbocycles. The van der Waals surface area contributed by atoms with Crippen LogP contribution in [0.4, 0.5) is 0 Å². The third kappa shape index (κ3) is 3.00. The zero-order chi connectivity index (χ0) is 19.9. The smallest absolute Gasteiger partial charge is 0.221 e. The molecule has 9 heteroatoms. The van der Waals surface area contributed by atoms with Crippen LogP contribution in [-0.2, 0) is 6.54 Å². The Morgan fingerprint density at radius 1 is 1.10 bits per heavy atom. The summed E-state index contributed by atoms with van der Waals surface area (Å²) < 4.78 is 3.81. The van der Waals surface area contributed by atoms with E-state index in [-0.39, 0.29) is 0 Å². The second-order valence-corrected chi connectivity index (χ2v) is 7.56. The van der Waals surface area contributed by atoms with Gasteiger partial charge in [-0.05, 0) is 36.0 Å². The maximum Gasteiger partial charge on any atom is 0.221 e. The molecule has 0 amide bonds. The van der Waals surface area contributed by atoms with Gasteiger partial charge in [0.15, 0.2) is 5.65 Å². The molecule has 0 spiro atoms. The summed E-state index contributed by atoms with van der Waals surface area (Å²) in [6.07, 6.45) is 10.4. The quantitative estimate of drug-likeness (QED) is 0.496. The number of pyridine rings is 1. The molecule has 0 saturated carbocycles. The number of aromatic nitrogens is 8. The zero-order valence-electron chi connectivity index (χ0n) is 16.2. The third-order valence-electron chi connectivity index (χ3n) is 5.57. The predicted molar refractivity (Wildman–Crippen MR) is 112 cm³/mol. The van der Waals surface area contributed by atoms with E-state index in [0.29, 0.717) is 23.9 Å². The van der Waals surface area contributed by atoms with Crippen LogP contribution in [0, 0.1) is 0 Å². The molecule has 5 aromatic rings. The normalized spacial score (nSPS) is 16.6. The van der Waals surface area contributed by atoms with Crippen LogP contribution in [0.15, 0.2) is 55.2 Å². The van der Waals surface area contributed by atoms with Crippen LogP contribution < -0.4 is 5.32 Å². The monoisotopic (exact) mass is 397 g/mol. The lowest BCUT2D eigenvalue weighted by Crippen LogP contribution is -2.13. The van der Waals surface area contributed by atoms with E-state index in [0.717, 1.165) is 47.1 Å². The Morgan fingerprint density at radius 2 is 2.10 bits per heavy atom. The summed E-state index contributed by atoms with van der Waals surface area (Å²) in [4.78, 5) is 13.4. The highest BCUT2D eigenvalue weighted by molar-refractivity contribution is 5.82. The number of benzene rings is 1. The van der Waals surface area contributed by atoms with Gasteiger partial charge in [-0.1, -0.05) is 17.3 Å². The Hall–Kier alpha value is -3.72. The Labute approximate surface area is 171 Å². The van der Waals surface area contributed by atoms with Crippen molar-refractivity contribution in [2.24, 2.45) is 0 Å². The lowest BCUT2D eigenvalue weighted by Gasteiger charge is -2.07. The van der Waals surface area contributed by atoms with Crippen LogP contribution in [-0.4, -0.2) is 52.8 Å². The number of nitrogens with zero attached hydrogens (tertiary/aromatic N) is 8. The van der Waals surface area contributed by atoms with Gasteiger partial charge in [0, 0.05) is 36.1 Å². The van der Waals surface area contributed by atoms with E-state index < -0.39 is 0 Å². The largest absolute Gasteiger partial charge is 0.315 e. The van der Waals surface area contributed by atoms with Crippen molar-refractivity contribution in [1.29, 1.82) is 0 Å². The summed E-state index contributed by atoms with van der Waals surface area (Å²) in [6, 6.07) is 8.69. The van der Waals surface area contributed by atoms with Crippen LogP contribution in [0.3, 0.4) is 0 Å². The fourth-order valence-corrected chi connectivity index (χ4v) is 3.94. The Bertz CT molecular complexity index is 1350. The van der Waals surface area contributed by atoms with E-state index in [9.17, 15) is 0 Å². The first kappa shape index (κ1) is 17.2. The summed E-state index contributed by atoms with van der Waals surface area (Å²) >= 11 is 0. The van der Waals surface area contributed by atoms with Crippen molar-refractivity contribution in [2.75, 3.05) is 13.1 Å². The lowest BCUT2D eigenvalue weighted by molar-refractivity contribution is 0.491. The van der Waals surface area contributed by atoms with Gasteiger partial charge in [-0.25, -0.2) is 14.6 Å². The maximum absolute atomic E-state index is 4.80. The van der Waals surface area contributed by atoms with Gasteiger partial charge in [0.1, 0.15) is 0 Å². The van der Waals surface area contributed by atoms with Crippen molar-refractivity contribution >= 4 is 22.1 Å². The second-order valence-electron chi connectivity index (χ2n) is 7.56. The highest BCUT2D eigenvalue weighted by Gasteiger charge is 2.18. The molecule has 1 unspecified atom stereocenters. The number of fused-ring (bicyclic) bond motifs is 2. The van der Waals surface area contributed by atoms with Gasteiger partial charge in [-0.3, -0.25) is 9.67 Å². The zero-order valence-corrected chi connectivity index (χ0v) is 16.2. The Kier molecular flexibility index (Phi) is 3.98. The molecule has 1 atom stereocenters. The molecule has 1 aliphatic rings. The molecule has 148 valence electrons. The van der Waals surface area contributed by atoms with E-state index in [1.165, 1.54) is 0 Å². The molecule has 1 aliphatic heterocycles. The van der Waals surface area contributed by atoms with Crippen molar-refractivity contribution in [1.82, 2.24) is 45.0 Å². The van der Waals surface area contributed by atoms with Crippen LogP contribution in [0.2, 0.25) is 0 Å². The molecule has 6 rings (SSSR count). The van der Waals surface area contributed by atoms with E-state index in [1.807, 2.05) is 29.3 Å². The minimum atomic E-state index is 0.394. The number of rotatable bonds is 4. The van der Waals surface area contributed by atoms with Crippen molar-refractivity contribution in [2.45, 2.75) is 19.0 Å². The van der Waals surface area contributed by atoms with Crippen LogP contribution >= 0.6 is 0 Å². The number of nitrogens with one attached hydrogen (secondary N) is 1. The Morgan fingerprint density at radius 3 is 3.03 bits per heavy atom. The fourth-order valence-electron chi connectivity index (χ4n) is 3.94. The van der Waals surface area contributed by atoms with E-state index >= 15 is 0 Å². The van der Waals surface area contributed by atoms with E-state index in [4.69, 9.17) is 4.98 Å². The van der Waals surface area contributed by atoms with Gasteiger partial charge in [-0.15, -0.1) is 5.10 Å². The van der Waals surface area contributed by atoms with Crippen molar-refractivity contribution in [3.63, 3.8) is 0 Å². The van der Waals surface area contributed by atoms with E-state index in [2.05, 4.69) is 48.9 Å². The Balaban J connectivity index is 1.33. The average molecular weight is 397 g/mol. The fraction of sp³-hybridized carbons (Fsp3) is 0.238. The predicted octanol–water partition coefficient (Wildman–Crippen LogP) is 2.22. The van der Waals surface area contributed by atoms with Gasteiger partial charge in [0.2, 0.25) is 5.65 Å². The minimum Gasteiger partial charge on any atom is -0.315 e. The maximum atomic E-state index is 4.80. The first-order chi connectivity index (χ1) is 14.8. The summed E-state index contributed by atoms with van der Waals surface area (Å²) in [5.74, 6) is 0. The molecule has 0 radical (unpaired) electrons. The standard InChI is InChI=1S/C21H19N9/c1-2-16-8-22-5-3-15(16)7-14(1)12-30-21-20(27-28-30)24-11-19(26-21)17-9-25-29(13-17)18-4-6-23-10-18/h1-3,5,7-9,11,13,18,23H,4,6,10,12H2. The first-order valence-electron chi connectivity index (χ1n) is 9.98. The summed E-state index contributed by atoms with van der Waals surface area (Å²) in [6.45, 7) is 2.55. The second kappa shape index (κ2) is 6.96. The molecule has 5 heterocycles. The summed E-state index contributed by atoms with van der Waals surface area (Å²) in [7, 11) is 0. The highest BCUT2D eigenvalue weighted by Crippen LogP contribution is 2.22. The van der Waals surface area contributed by atoms with Gasteiger partial charge in [0.05, 0.1) is 30.7 Å². The first-order valence-corrected chi connectivity index (χ1v) is 9.98. The van der Waals surface area contributed by atoms with Gasteiger partial charge in [-0.2, -0.15) is 5.10 Å². The molecular formula is C21H19N9. The number of hydrogen-bond acceptors (Lipinski definition) is 7.